The third-order valence-corrected chi connectivity index (χ3v) is 4.86. The number of nitrogens with one attached hydrogen (secondary N) is 1. The number of anilines is 2. The van der Waals surface area contributed by atoms with E-state index in [2.05, 4.69) is 15.4 Å². The highest BCUT2D eigenvalue weighted by Gasteiger charge is 2.17. The van der Waals surface area contributed by atoms with Crippen molar-refractivity contribution < 1.29 is 5.11 Å². The van der Waals surface area contributed by atoms with Gasteiger partial charge in [-0.05, 0) is 38.1 Å². The van der Waals surface area contributed by atoms with Crippen LogP contribution in [0.1, 0.15) is 16.1 Å². The van der Waals surface area contributed by atoms with Crippen LogP contribution >= 0.6 is 11.3 Å². The highest BCUT2D eigenvalue weighted by molar-refractivity contribution is 7.18. The molecule has 0 saturated carbocycles. The molecule has 0 bridgehead atoms. The molecular weight excluding hydrogens is 322 g/mol. The number of pyridine rings is 1. The first-order valence-electron chi connectivity index (χ1n) is 7.32. The molecule has 4 rings (SSSR count). The Morgan fingerprint density at radius 2 is 2.12 bits per heavy atom. The van der Waals surface area contributed by atoms with Crippen molar-refractivity contribution in [2.24, 2.45) is 0 Å². The van der Waals surface area contributed by atoms with E-state index < -0.39 is 0 Å². The molecule has 4 aromatic rings. The highest BCUT2D eigenvalue weighted by atomic mass is 32.1. The largest absolute Gasteiger partial charge is 0.506 e. The zero-order valence-electron chi connectivity index (χ0n) is 13.0. The first kappa shape index (κ1) is 14.5. The number of rotatable bonds is 2. The highest BCUT2D eigenvalue weighted by Crippen LogP contribution is 2.34. The fraction of sp³-hybridized carbons (Fsp3) is 0.118. The lowest BCUT2D eigenvalue weighted by atomic mass is 10.1. The molecule has 0 amide bonds. The molecule has 7 heteroatoms. The fourth-order valence-corrected chi connectivity index (χ4v) is 3.63. The van der Waals surface area contributed by atoms with Gasteiger partial charge in [0.05, 0.1) is 26.9 Å². The lowest BCUT2D eigenvalue weighted by molar-refractivity contribution is 0.469. The van der Waals surface area contributed by atoms with Crippen LogP contribution in [0.25, 0.3) is 15.7 Å². The number of nitriles is 1. The van der Waals surface area contributed by atoms with Crippen molar-refractivity contribution in [3.05, 3.63) is 46.6 Å². The molecule has 3 aromatic heterocycles. The van der Waals surface area contributed by atoms with Gasteiger partial charge < -0.3 is 10.4 Å². The minimum Gasteiger partial charge on any atom is -0.506 e. The molecule has 118 valence electrons. The van der Waals surface area contributed by atoms with Crippen molar-refractivity contribution in [2.45, 2.75) is 13.8 Å². The standard InChI is InChI=1S/C17H13N5OS/c1-9-16(23)12(8-18)14-5-6-19-22(14)17(9)21-11-3-4-13-15(7-11)24-10(2)20-13/h3-7,21,23H,1-2H3. The van der Waals surface area contributed by atoms with E-state index in [1.807, 2.05) is 31.2 Å². The average Bonchev–Trinajstić information content (AvgIpc) is 3.17. The molecule has 0 fully saturated rings. The van der Waals surface area contributed by atoms with Gasteiger partial charge in [0, 0.05) is 11.3 Å². The Morgan fingerprint density at radius 3 is 2.92 bits per heavy atom. The van der Waals surface area contributed by atoms with Gasteiger partial charge in [0.2, 0.25) is 0 Å². The predicted octanol–water partition coefficient (Wildman–Crippen LogP) is 3.88. The summed E-state index contributed by atoms with van der Waals surface area (Å²) in [5.41, 5.74) is 3.20. The average molecular weight is 335 g/mol. The molecule has 0 unspecified atom stereocenters. The molecule has 0 spiro atoms. The van der Waals surface area contributed by atoms with Crippen LogP contribution in [0.2, 0.25) is 0 Å². The second-order valence-corrected chi connectivity index (χ2v) is 6.71. The van der Waals surface area contributed by atoms with E-state index in [-0.39, 0.29) is 11.3 Å². The smallest absolute Gasteiger partial charge is 0.142 e. The minimum absolute atomic E-state index is 0.0253. The van der Waals surface area contributed by atoms with Crippen LogP contribution in [0.5, 0.6) is 5.75 Å². The summed E-state index contributed by atoms with van der Waals surface area (Å²) in [6.07, 6.45) is 1.61. The van der Waals surface area contributed by atoms with Gasteiger partial charge in [0.15, 0.2) is 0 Å². The molecule has 2 N–H and O–H groups in total. The van der Waals surface area contributed by atoms with Gasteiger partial charge in [-0.3, -0.25) is 0 Å². The number of aryl methyl sites for hydroxylation is 1. The quantitative estimate of drug-likeness (QED) is 0.580. The number of fused-ring (bicyclic) bond motifs is 2. The Bertz CT molecular complexity index is 1140. The number of thiazole rings is 1. The summed E-state index contributed by atoms with van der Waals surface area (Å²) in [6.45, 7) is 3.74. The Balaban J connectivity index is 1.88. The third-order valence-electron chi connectivity index (χ3n) is 3.93. The Hall–Kier alpha value is -3.11. The number of benzene rings is 1. The summed E-state index contributed by atoms with van der Waals surface area (Å²) in [4.78, 5) is 4.45. The first-order valence-corrected chi connectivity index (χ1v) is 8.13. The summed E-state index contributed by atoms with van der Waals surface area (Å²) in [7, 11) is 0. The topological polar surface area (TPSA) is 86.2 Å². The predicted molar refractivity (Wildman–Crippen MR) is 93.9 cm³/mol. The van der Waals surface area contributed by atoms with Crippen LogP contribution < -0.4 is 5.32 Å². The molecule has 0 aliphatic rings. The summed E-state index contributed by atoms with van der Waals surface area (Å²) < 4.78 is 2.72. The lowest BCUT2D eigenvalue weighted by Crippen LogP contribution is -2.04. The third kappa shape index (κ3) is 2.08. The van der Waals surface area contributed by atoms with Crippen LogP contribution in [0.15, 0.2) is 30.5 Å². The molecule has 0 aliphatic heterocycles. The lowest BCUT2D eigenvalue weighted by Gasteiger charge is -2.14. The Morgan fingerprint density at radius 1 is 1.29 bits per heavy atom. The molecule has 0 saturated heterocycles. The number of nitrogens with zero attached hydrogens (tertiary/aromatic N) is 4. The number of hydrogen-bond donors (Lipinski definition) is 2. The van der Waals surface area contributed by atoms with Crippen LogP contribution in [0.3, 0.4) is 0 Å². The van der Waals surface area contributed by atoms with Crippen LogP contribution in [0.4, 0.5) is 11.5 Å². The summed E-state index contributed by atoms with van der Waals surface area (Å²) in [5.74, 6) is 0.606. The van der Waals surface area contributed by atoms with Gasteiger partial charge in [-0.2, -0.15) is 10.4 Å². The van der Waals surface area contributed by atoms with E-state index in [9.17, 15) is 10.4 Å². The van der Waals surface area contributed by atoms with Gasteiger partial charge in [0.25, 0.3) is 0 Å². The van der Waals surface area contributed by atoms with Gasteiger partial charge in [-0.1, -0.05) is 0 Å². The Kier molecular flexibility index (Phi) is 3.15. The maximum atomic E-state index is 10.3. The van der Waals surface area contributed by atoms with Gasteiger partial charge in [0.1, 0.15) is 23.2 Å². The molecular formula is C17H13N5OS. The van der Waals surface area contributed by atoms with Crippen molar-refractivity contribution >= 4 is 38.6 Å². The first-order chi connectivity index (χ1) is 11.6. The Labute approximate surface area is 141 Å². The van der Waals surface area contributed by atoms with Crippen molar-refractivity contribution in [1.29, 1.82) is 5.26 Å². The molecule has 0 radical (unpaired) electrons. The number of aromatic hydroxyl groups is 1. The maximum Gasteiger partial charge on any atom is 0.142 e. The van der Waals surface area contributed by atoms with Gasteiger partial charge in [-0.15, -0.1) is 11.3 Å². The van der Waals surface area contributed by atoms with E-state index in [0.29, 0.717) is 16.9 Å². The molecule has 0 atom stereocenters. The normalized spacial score (nSPS) is 11.0. The van der Waals surface area contributed by atoms with Crippen molar-refractivity contribution in [3.8, 4) is 11.8 Å². The molecule has 3 heterocycles. The second kappa shape index (κ2) is 5.22. The summed E-state index contributed by atoms with van der Waals surface area (Å²) in [6, 6.07) is 9.66. The molecule has 24 heavy (non-hydrogen) atoms. The van der Waals surface area contributed by atoms with E-state index in [1.165, 1.54) is 0 Å². The zero-order valence-corrected chi connectivity index (χ0v) is 13.8. The molecule has 0 aliphatic carbocycles. The van der Waals surface area contributed by atoms with Gasteiger partial charge >= 0.3 is 0 Å². The van der Waals surface area contributed by atoms with E-state index in [4.69, 9.17) is 0 Å². The SMILES string of the molecule is Cc1nc2ccc(Nc3c(C)c(O)c(C#N)c4ccnn34)cc2s1. The minimum atomic E-state index is -0.0253. The molecule has 6 nitrogen and oxygen atoms in total. The van der Waals surface area contributed by atoms with Crippen LogP contribution in [0, 0.1) is 25.2 Å². The van der Waals surface area contributed by atoms with E-state index in [1.54, 1.807) is 35.0 Å². The van der Waals surface area contributed by atoms with Crippen molar-refractivity contribution in [1.82, 2.24) is 14.6 Å². The zero-order chi connectivity index (χ0) is 16.8. The van der Waals surface area contributed by atoms with Crippen LogP contribution in [-0.2, 0) is 0 Å². The fourth-order valence-electron chi connectivity index (χ4n) is 2.76. The monoisotopic (exact) mass is 335 g/mol. The number of hydrogen-bond acceptors (Lipinski definition) is 6. The summed E-state index contributed by atoms with van der Waals surface area (Å²) in [5, 5.41) is 28.2. The van der Waals surface area contributed by atoms with Crippen molar-refractivity contribution in [2.75, 3.05) is 5.32 Å². The van der Waals surface area contributed by atoms with Crippen molar-refractivity contribution in [3.63, 3.8) is 0 Å². The van der Waals surface area contributed by atoms with E-state index in [0.717, 1.165) is 20.9 Å². The summed E-state index contributed by atoms with van der Waals surface area (Å²) >= 11 is 1.63. The molecule has 1 aromatic carbocycles. The second-order valence-electron chi connectivity index (χ2n) is 5.48. The van der Waals surface area contributed by atoms with Gasteiger partial charge in [-0.25, -0.2) is 9.50 Å². The number of aromatic nitrogens is 3. The van der Waals surface area contributed by atoms with E-state index >= 15 is 0 Å². The maximum absolute atomic E-state index is 10.3. The van der Waals surface area contributed by atoms with Crippen LogP contribution in [-0.4, -0.2) is 19.7 Å².